The number of nitrogens with one attached hydrogen (secondary N) is 1. The summed E-state index contributed by atoms with van der Waals surface area (Å²) in [7, 11) is 0. The Kier molecular flexibility index (Phi) is 2.50. The zero-order chi connectivity index (χ0) is 11.9. The summed E-state index contributed by atoms with van der Waals surface area (Å²) in [5.74, 6) is 0. The summed E-state index contributed by atoms with van der Waals surface area (Å²) < 4.78 is 79.0. The molecule has 1 atom stereocenters. The van der Waals surface area contributed by atoms with Crippen LogP contribution in [0.2, 0.25) is 0 Å². The predicted octanol–water partition coefficient (Wildman–Crippen LogP) is 1.52. The normalized spacial score (nSPS) is 27.5. The number of hydrogen-bond donors (Lipinski definition) is 1. The molecule has 0 aromatic carbocycles. The molecular weight excluding hydrogens is 236 g/mol. The zero-order valence-electron chi connectivity index (χ0n) is 6.70. The fraction of sp³-hybridized carbons (Fsp3) is 0.800. The highest BCUT2D eigenvalue weighted by molar-refractivity contribution is 5.62. The van der Waals surface area contributed by atoms with Gasteiger partial charge in [-0.3, -0.25) is 0 Å². The molecule has 1 heterocycles. The van der Waals surface area contributed by atoms with Crippen molar-refractivity contribution in [3.8, 4) is 0 Å². The minimum Gasteiger partial charge on any atom is -0.428 e. The fourth-order valence-electron chi connectivity index (χ4n) is 0.863. The molecule has 0 radical (unpaired) electrons. The first-order chi connectivity index (χ1) is 6.56. The molecule has 1 aliphatic rings. The number of halogens is 6. The van der Waals surface area contributed by atoms with E-state index >= 15 is 0 Å². The van der Waals surface area contributed by atoms with E-state index in [2.05, 4.69) is 9.47 Å². The van der Waals surface area contributed by atoms with Crippen molar-refractivity contribution in [3.63, 3.8) is 0 Å². The van der Waals surface area contributed by atoms with Gasteiger partial charge in [-0.1, -0.05) is 0 Å². The Labute approximate surface area is 78.1 Å². The van der Waals surface area contributed by atoms with E-state index in [0.29, 0.717) is 0 Å². The maximum Gasteiger partial charge on any atom is 0.510 e. The molecule has 4 nitrogen and oxygen atoms in total. The standard InChI is InChI=1S/C5H3F6NO3/c6-4(7,8)3(12-5(9,10)11)1-14-2(13)15-3/h12H,1H2. The van der Waals surface area contributed by atoms with Crippen LogP contribution in [-0.2, 0) is 9.47 Å². The molecule has 0 aromatic heterocycles. The van der Waals surface area contributed by atoms with Gasteiger partial charge in [0.1, 0.15) is 0 Å². The van der Waals surface area contributed by atoms with Crippen LogP contribution >= 0.6 is 0 Å². The Morgan fingerprint density at radius 2 is 1.73 bits per heavy atom. The van der Waals surface area contributed by atoms with Crippen LogP contribution < -0.4 is 5.32 Å². The predicted molar refractivity (Wildman–Crippen MR) is 30.4 cm³/mol. The quantitative estimate of drug-likeness (QED) is 0.428. The number of alkyl halides is 6. The van der Waals surface area contributed by atoms with Gasteiger partial charge in [0.25, 0.3) is 0 Å². The average Bonchev–Trinajstić information content (AvgIpc) is 2.27. The van der Waals surface area contributed by atoms with Crippen LogP contribution in [0.3, 0.4) is 0 Å². The second-order valence-electron chi connectivity index (χ2n) is 2.59. The molecular formula is C5H3F6NO3. The zero-order valence-corrected chi connectivity index (χ0v) is 6.70. The Bertz CT molecular complexity index is 273. The summed E-state index contributed by atoms with van der Waals surface area (Å²) in [5, 5.41) is 0.209. The number of carbonyl (C=O) groups is 1. The van der Waals surface area contributed by atoms with Crippen molar-refractivity contribution in [2.24, 2.45) is 0 Å². The summed E-state index contributed by atoms with van der Waals surface area (Å²) >= 11 is 0. The van der Waals surface area contributed by atoms with Gasteiger partial charge in [-0.05, 0) is 0 Å². The number of rotatable bonds is 1. The van der Waals surface area contributed by atoms with Crippen molar-refractivity contribution in [2.45, 2.75) is 18.2 Å². The van der Waals surface area contributed by atoms with Gasteiger partial charge in [-0.15, -0.1) is 0 Å². The van der Waals surface area contributed by atoms with Crippen LogP contribution in [0.5, 0.6) is 0 Å². The first-order valence-electron chi connectivity index (χ1n) is 3.34. The molecule has 1 fully saturated rings. The lowest BCUT2D eigenvalue weighted by Crippen LogP contribution is -2.63. The van der Waals surface area contributed by atoms with Gasteiger partial charge in [0.15, 0.2) is 6.61 Å². The van der Waals surface area contributed by atoms with Gasteiger partial charge in [-0.2, -0.15) is 31.7 Å². The molecule has 88 valence electrons. The fourth-order valence-corrected chi connectivity index (χ4v) is 0.863. The molecule has 10 heteroatoms. The lowest BCUT2D eigenvalue weighted by atomic mass is 10.2. The molecule has 0 bridgehead atoms. The number of hydrogen-bond acceptors (Lipinski definition) is 4. The van der Waals surface area contributed by atoms with Crippen LogP contribution in [-0.4, -0.2) is 31.0 Å². The minimum atomic E-state index is -5.44. The van der Waals surface area contributed by atoms with Crippen LogP contribution in [0.15, 0.2) is 0 Å². The van der Waals surface area contributed by atoms with E-state index in [1.165, 1.54) is 0 Å². The Morgan fingerprint density at radius 3 is 2.00 bits per heavy atom. The van der Waals surface area contributed by atoms with E-state index in [1.54, 1.807) is 0 Å². The molecule has 1 unspecified atom stereocenters. The van der Waals surface area contributed by atoms with E-state index in [1.807, 2.05) is 0 Å². The highest BCUT2D eigenvalue weighted by Crippen LogP contribution is 2.37. The molecule has 0 amide bonds. The van der Waals surface area contributed by atoms with Crippen LogP contribution in [0.1, 0.15) is 0 Å². The third-order valence-electron chi connectivity index (χ3n) is 1.45. The van der Waals surface area contributed by atoms with E-state index in [0.717, 1.165) is 0 Å². The maximum atomic E-state index is 12.2. The monoisotopic (exact) mass is 239 g/mol. The first-order valence-corrected chi connectivity index (χ1v) is 3.34. The smallest absolute Gasteiger partial charge is 0.428 e. The van der Waals surface area contributed by atoms with Crippen molar-refractivity contribution >= 4 is 6.16 Å². The number of ether oxygens (including phenoxy) is 2. The summed E-state index contributed by atoms with van der Waals surface area (Å²) in [6.07, 6.45) is -12.6. The molecule has 1 aliphatic heterocycles. The van der Waals surface area contributed by atoms with Crippen molar-refractivity contribution in [1.29, 1.82) is 0 Å². The largest absolute Gasteiger partial charge is 0.510 e. The second-order valence-corrected chi connectivity index (χ2v) is 2.59. The molecule has 0 spiro atoms. The Balaban J connectivity index is 2.94. The van der Waals surface area contributed by atoms with Gasteiger partial charge >= 0.3 is 24.4 Å². The number of cyclic esters (lactones) is 2. The number of carbonyl (C=O) groups excluding carboxylic acids is 1. The van der Waals surface area contributed by atoms with Gasteiger partial charge in [0, 0.05) is 0 Å². The highest BCUT2D eigenvalue weighted by Gasteiger charge is 2.66. The SMILES string of the molecule is O=C1OCC(NC(F)(F)F)(C(F)(F)F)O1. The van der Waals surface area contributed by atoms with Crippen molar-refractivity contribution < 1.29 is 40.6 Å². The third-order valence-corrected chi connectivity index (χ3v) is 1.45. The van der Waals surface area contributed by atoms with E-state index in [4.69, 9.17) is 0 Å². The maximum absolute atomic E-state index is 12.2. The van der Waals surface area contributed by atoms with Gasteiger partial charge in [0.05, 0.1) is 0 Å². The van der Waals surface area contributed by atoms with E-state index < -0.39 is 31.0 Å². The third kappa shape index (κ3) is 2.43. The molecule has 15 heavy (non-hydrogen) atoms. The summed E-state index contributed by atoms with van der Waals surface area (Å²) in [6, 6.07) is 0. The summed E-state index contributed by atoms with van der Waals surface area (Å²) in [6.45, 7) is -1.59. The van der Waals surface area contributed by atoms with Crippen LogP contribution in [0, 0.1) is 0 Å². The van der Waals surface area contributed by atoms with Gasteiger partial charge in [-0.25, -0.2) is 4.79 Å². The topological polar surface area (TPSA) is 47.6 Å². The summed E-state index contributed by atoms with van der Waals surface area (Å²) in [4.78, 5) is 10.2. The first kappa shape index (κ1) is 11.9. The van der Waals surface area contributed by atoms with Crippen LogP contribution in [0.25, 0.3) is 0 Å². The Morgan fingerprint density at radius 1 is 1.20 bits per heavy atom. The lowest BCUT2D eigenvalue weighted by Gasteiger charge is -2.29. The van der Waals surface area contributed by atoms with E-state index in [-0.39, 0.29) is 5.32 Å². The highest BCUT2D eigenvalue weighted by atomic mass is 19.4. The van der Waals surface area contributed by atoms with Crippen LogP contribution in [0.4, 0.5) is 31.1 Å². The molecule has 1 rings (SSSR count). The van der Waals surface area contributed by atoms with Crippen molar-refractivity contribution in [3.05, 3.63) is 0 Å². The molecule has 0 aliphatic carbocycles. The summed E-state index contributed by atoms with van der Waals surface area (Å²) in [5.41, 5.74) is -3.86. The second kappa shape index (κ2) is 3.15. The van der Waals surface area contributed by atoms with Crippen molar-refractivity contribution in [2.75, 3.05) is 6.61 Å². The lowest BCUT2D eigenvalue weighted by molar-refractivity contribution is -0.302. The molecule has 1 saturated heterocycles. The van der Waals surface area contributed by atoms with Crippen molar-refractivity contribution in [1.82, 2.24) is 5.32 Å². The average molecular weight is 239 g/mol. The Hall–Kier alpha value is -1.19. The molecule has 1 N–H and O–H groups in total. The van der Waals surface area contributed by atoms with E-state index in [9.17, 15) is 31.1 Å². The molecule has 0 saturated carbocycles. The van der Waals surface area contributed by atoms with Gasteiger partial charge < -0.3 is 9.47 Å². The van der Waals surface area contributed by atoms with Gasteiger partial charge in [0.2, 0.25) is 0 Å². The minimum absolute atomic E-state index is 0.209. The molecule has 0 aromatic rings.